The number of nitrogens with one attached hydrogen (secondary N) is 1. The van der Waals surface area contributed by atoms with Gasteiger partial charge in [0.2, 0.25) is 11.7 Å². The van der Waals surface area contributed by atoms with E-state index in [2.05, 4.69) is 20.3 Å². The van der Waals surface area contributed by atoms with Crippen LogP contribution in [-0.4, -0.2) is 50.0 Å². The number of thioether (sulfide) groups is 1. The van der Waals surface area contributed by atoms with Crippen LogP contribution in [0.25, 0.3) is 0 Å². The number of nitro benzene ring substituents is 1. The van der Waals surface area contributed by atoms with Crippen molar-refractivity contribution in [2.24, 2.45) is 10.2 Å². The number of aliphatic carboxylic acids is 1. The Bertz CT molecular complexity index is 888. The number of hydrogen-bond acceptors (Lipinski definition) is 9. The molecule has 0 aromatic heterocycles. The summed E-state index contributed by atoms with van der Waals surface area (Å²) in [5.41, 5.74) is -1.56. The second-order valence-electron chi connectivity index (χ2n) is 5.03. The number of carbonyl (C=O) groups is 2. The van der Waals surface area contributed by atoms with Gasteiger partial charge in [0.25, 0.3) is 0 Å². The van der Waals surface area contributed by atoms with E-state index in [-0.39, 0.29) is 5.17 Å². The van der Waals surface area contributed by atoms with Crippen molar-refractivity contribution >= 4 is 40.7 Å². The Hall–Kier alpha value is -3.36. The second-order valence-corrected chi connectivity index (χ2v) is 6.22. The van der Waals surface area contributed by atoms with E-state index in [0.717, 1.165) is 11.8 Å². The molecule has 1 aromatic rings. The number of nitro groups is 1. The molecule has 2 rings (SSSR count). The molecule has 0 spiro atoms. The molecule has 0 bridgehead atoms. The number of carbonyl (C=O) groups excluding carboxylic acids is 1. The maximum absolute atomic E-state index is 12.3. The maximum atomic E-state index is 12.3. The zero-order valence-electron chi connectivity index (χ0n) is 13.3. The maximum Gasteiger partial charge on any atom is 0.573 e. The Morgan fingerprint density at radius 2 is 2.14 bits per heavy atom. The predicted molar refractivity (Wildman–Crippen MR) is 88.2 cm³/mol. The lowest BCUT2D eigenvalue weighted by Gasteiger charge is -2.10. The molecule has 1 aliphatic rings. The molecule has 1 amide bonds. The number of phenolic OH excluding ortho intramolecular Hbond substituents is 1. The van der Waals surface area contributed by atoms with Gasteiger partial charge in [0.05, 0.1) is 23.6 Å². The van der Waals surface area contributed by atoms with Gasteiger partial charge in [-0.2, -0.15) is 5.10 Å². The van der Waals surface area contributed by atoms with E-state index in [1.54, 1.807) is 0 Å². The second kappa shape index (κ2) is 8.12. The highest BCUT2D eigenvalue weighted by atomic mass is 32.2. The van der Waals surface area contributed by atoms with Gasteiger partial charge in [-0.3, -0.25) is 19.7 Å². The average Bonchev–Trinajstić information content (AvgIpc) is 2.87. The molecule has 1 heterocycles. The fourth-order valence-electron chi connectivity index (χ4n) is 1.93. The number of amidine groups is 1. The molecule has 3 N–H and O–H groups in total. The topological polar surface area (TPSA) is 164 Å². The van der Waals surface area contributed by atoms with Crippen molar-refractivity contribution in [1.29, 1.82) is 0 Å². The van der Waals surface area contributed by atoms with Crippen molar-refractivity contribution in [1.82, 2.24) is 5.32 Å². The lowest BCUT2D eigenvalue weighted by Crippen LogP contribution is -2.26. The summed E-state index contributed by atoms with van der Waals surface area (Å²) in [4.78, 5) is 31.9. The number of halogens is 3. The lowest BCUT2D eigenvalue weighted by molar-refractivity contribution is -0.386. The van der Waals surface area contributed by atoms with Crippen LogP contribution in [0.3, 0.4) is 0 Å². The molecule has 150 valence electrons. The number of ether oxygens (including phenoxy) is 1. The number of carboxylic acids is 1. The van der Waals surface area contributed by atoms with Crippen molar-refractivity contribution in [3.05, 3.63) is 27.8 Å². The minimum absolute atomic E-state index is 0.0933. The van der Waals surface area contributed by atoms with Gasteiger partial charge in [0.1, 0.15) is 11.0 Å². The van der Waals surface area contributed by atoms with Crippen LogP contribution in [0.5, 0.6) is 11.5 Å². The Kier molecular flexibility index (Phi) is 6.07. The van der Waals surface area contributed by atoms with Crippen molar-refractivity contribution in [3.63, 3.8) is 0 Å². The average molecular weight is 422 g/mol. The van der Waals surface area contributed by atoms with Crippen LogP contribution < -0.4 is 10.1 Å². The van der Waals surface area contributed by atoms with Crippen molar-refractivity contribution < 1.29 is 42.6 Å². The van der Waals surface area contributed by atoms with Gasteiger partial charge in [-0.05, 0) is 6.07 Å². The first-order valence-corrected chi connectivity index (χ1v) is 7.91. The third-order valence-corrected chi connectivity index (χ3v) is 4.08. The first-order chi connectivity index (χ1) is 13.0. The molecule has 1 saturated heterocycles. The third-order valence-electron chi connectivity index (χ3n) is 3.00. The van der Waals surface area contributed by atoms with Crippen LogP contribution in [0.4, 0.5) is 18.9 Å². The van der Waals surface area contributed by atoms with Crippen LogP contribution >= 0.6 is 11.8 Å². The van der Waals surface area contributed by atoms with Crippen molar-refractivity contribution in [2.45, 2.75) is 18.0 Å². The molecule has 15 heteroatoms. The predicted octanol–water partition coefficient (Wildman–Crippen LogP) is 1.60. The van der Waals surface area contributed by atoms with Gasteiger partial charge in [-0.25, -0.2) is 0 Å². The third kappa shape index (κ3) is 5.57. The van der Waals surface area contributed by atoms with Crippen LogP contribution in [0.15, 0.2) is 22.3 Å². The van der Waals surface area contributed by atoms with Crippen molar-refractivity contribution in [3.8, 4) is 11.5 Å². The van der Waals surface area contributed by atoms with Gasteiger partial charge in [0, 0.05) is 5.56 Å². The van der Waals surface area contributed by atoms with Gasteiger partial charge >= 0.3 is 18.0 Å². The number of phenols is 1. The number of alkyl halides is 3. The van der Waals surface area contributed by atoms with E-state index in [9.17, 15) is 38.0 Å². The van der Waals surface area contributed by atoms with E-state index in [1.165, 1.54) is 0 Å². The van der Waals surface area contributed by atoms with Crippen LogP contribution in [0.1, 0.15) is 12.0 Å². The summed E-state index contributed by atoms with van der Waals surface area (Å²) in [6.07, 6.45) is -4.89. The van der Waals surface area contributed by atoms with Crippen LogP contribution in [0.2, 0.25) is 0 Å². The highest BCUT2D eigenvalue weighted by Gasteiger charge is 2.33. The van der Waals surface area contributed by atoms with Crippen molar-refractivity contribution in [2.75, 3.05) is 0 Å². The summed E-state index contributed by atoms with van der Waals surface area (Å²) in [7, 11) is 0. The van der Waals surface area contributed by atoms with Gasteiger partial charge in [-0.1, -0.05) is 11.8 Å². The molecule has 1 atom stereocenters. The normalized spacial score (nSPS) is 18.5. The largest absolute Gasteiger partial charge is 0.573 e. The molecule has 0 aliphatic carbocycles. The highest BCUT2D eigenvalue weighted by Crippen LogP contribution is 2.35. The van der Waals surface area contributed by atoms with E-state index in [0.29, 0.717) is 18.3 Å². The number of amides is 1. The summed E-state index contributed by atoms with van der Waals surface area (Å²) in [5.74, 6) is -3.77. The van der Waals surface area contributed by atoms with Gasteiger partial charge in [0.15, 0.2) is 5.17 Å². The molecule has 1 unspecified atom stereocenters. The van der Waals surface area contributed by atoms with E-state index in [4.69, 9.17) is 5.11 Å². The van der Waals surface area contributed by atoms with E-state index < -0.39 is 57.6 Å². The molecule has 28 heavy (non-hydrogen) atoms. The first-order valence-electron chi connectivity index (χ1n) is 7.03. The molecule has 0 saturated carbocycles. The number of carboxylic acid groups (broad SMARTS) is 1. The molecular weight excluding hydrogens is 413 g/mol. The monoisotopic (exact) mass is 422 g/mol. The minimum atomic E-state index is -5.12. The quantitative estimate of drug-likeness (QED) is 0.353. The minimum Gasteiger partial charge on any atom is -0.502 e. The number of rotatable bonds is 6. The van der Waals surface area contributed by atoms with Gasteiger partial charge in [-0.15, -0.1) is 18.3 Å². The summed E-state index contributed by atoms with van der Waals surface area (Å²) in [6.45, 7) is 0. The summed E-state index contributed by atoms with van der Waals surface area (Å²) >= 11 is 0.756. The SMILES string of the molecule is O=C(O)CC1SC(=NN=Cc2cc(OC(F)(F)F)cc([N+](=O)[O-])c2O)NC1=O. The number of nitrogens with zero attached hydrogens (tertiary/aromatic N) is 3. The Labute approximate surface area is 157 Å². The van der Waals surface area contributed by atoms with Gasteiger partial charge < -0.3 is 20.3 Å². The van der Waals surface area contributed by atoms with Crippen LogP contribution in [0, 0.1) is 10.1 Å². The zero-order valence-corrected chi connectivity index (χ0v) is 14.2. The fraction of sp³-hybridized carbons (Fsp3) is 0.231. The Morgan fingerprint density at radius 3 is 2.71 bits per heavy atom. The van der Waals surface area contributed by atoms with E-state index >= 15 is 0 Å². The summed E-state index contributed by atoms with van der Waals surface area (Å²) < 4.78 is 40.6. The molecule has 1 fully saturated rings. The molecule has 0 radical (unpaired) electrons. The fourth-order valence-corrected chi connectivity index (χ4v) is 2.85. The molecular formula is C13H9F3N4O7S. The van der Waals surface area contributed by atoms with Crippen LogP contribution in [-0.2, 0) is 9.59 Å². The summed E-state index contributed by atoms with van der Waals surface area (Å²) in [5, 5.41) is 37.5. The molecule has 1 aromatic carbocycles. The number of aromatic hydroxyl groups is 1. The smallest absolute Gasteiger partial charge is 0.502 e. The number of benzene rings is 1. The summed E-state index contributed by atoms with van der Waals surface area (Å²) in [6, 6.07) is 1.03. The molecule has 1 aliphatic heterocycles. The lowest BCUT2D eigenvalue weighted by atomic mass is 10.1. The first kappa shape index (κ1) is 20.9. The zero-order chi connectivity index (χ0) is 21.1. The highest BCUT2D eigenvalue weighted by molar-refractivity contribution is 8.15. The van der Waals surface area contributed by atoms with E-state index in [1.807, 2.05) is 0 Å². The standard InChI is InChI=1S/C13H9F3N4O7S/c14-13(15,16)27-6-1-5(10(23)7(2-6)20(25)26)4-17-19-12-18-11(24)8(28-12)3-9(21)22/h1-2,4,8,23H,3H2,(H,21,22)(H,18,19,24). The number of hydrogen-bond donors (Lipinski definition) is 3. The molecule has 11 nitrogen and oxygen atoms in total. The Balaban J connectivity index is 2.26. The Morgan fingerprint density at radius 1 is 1.46 bits per heavy atom.